The summed E-state index contributed by atoms with van der Waals surface area (Å²) in [7, 11) is 0. The summed E-state index contributed by atoms with van der Waals surface area (Å²) in [5.74, 6) is -0.125. The van der Waals surface area contributed by atoms with Crippen molar-refractivity contribution in [2.24, 2.45) is 5.41 Å². The zero-order valence-electron chi connectivity index (χ0n) is 16.7. The number of carbonyl (C=O) groups excluding carboxylic acids is 1. The molecule has 6 heteroatoms. The molecular weight excluding hydrogens is 355 g/mol. The maximum atomic E-state index is 13.4. The molecule has 0 aliphatic heterocycles. The van der Waals surface area contributed by atoms with E-state index in [9.17, 15) is 9.18 Å². The Bertz CT molecular complexity index is 1190. The molecule has 5 nitrogen and oxygen atoms in total. The van der Waals surface area contributed by atoms with Crippen molar-refractivity contribution in [3.63, 3.8) is 0 Å². The van der Waals surface area contributed by atoms with E-state index in [0.29, 0.717) is 5.65 Å². The fourth-order valence-corrected chi connectivity index (χ4v) is 3.36. The second kappa shape index (κ2) is 6.26. The Kier molecular flexibility index (Phi) is 4.10. The molecule has 0 aliphatic rings. The third-order valence-electron chi connectivity index (χ3n) is 4.85. The molecule has 4 rings (SSSR count). The molecule has 144 valence electrons. The van der Waals surface area contributed by atoms with Gasteiger partial charge in [0.15, 0.2) is 5.65 Å². The van der Waals surface area contributed by atoms with Crippen LogP contribution < -0.4 is 0 Å². The average molecular weight is 378 g/mol. The summed E-state index contributed by atoms with van der Waals surface area (Å²) < 4.78 is 16.9. The number of hydrogen-bond donors (Lipinski definition) is 0. The van der Waals surface area contributed by atoms with Crippen LogP contribution >= 0.6 is 0 Å². The number of aromatic nitrogens is 4. The molecule has 4 aromatic rings. The number of benzene rings is 1. The molecule has 0 fully saturated rings. The highest BCUT2D eigenvalue weighted by Crippen LogP contribution is 2.31. The predicted octanol–water partition coefficient (Wildman–Crippen LogP) is 5.32. The van der Waals surface area contributed by atoms with E-state index in [1.54, 1.807) is 18.3 Å². The minimum atomic E-state index is -0.557. The molecule has 1 aromatic carbocycles. The molecule has 0 atom stereocenters. The molecule has 0 amide bonds. The van der Waals surface area contributed by atoms with Crippen molar-refractivity contribution in [3.05, 3.63) is 54.1 Å². The fraction of sp³-hybridized carbons (Fsp3) is 0.318. The minimum Gasteiger partial charge on any atom is -0.312 e. The van der Waals surface area contributed by atoms with Gasteiger partial charge in [0.05, 0.1) is 17.2 Å². The lowest BCUT2D eigenvalue weighted by molar-refractivity contribution is 0.0754. The maximum Gasteiger partial charge on any atom is 0.254 e. The molecule has 0 N–H and O–H groups in total. The van der Waals surface area contributed by atoms with E-state index >= 15 is 0 Å². The normalized spacial score (nSPS) is 12.4. The highest BCUT2D eigenvalue weighted by molar-refractivity contribution is 5.96. The van der Waals surface area contributed by atoms with Gasteiger partial charge in [-0.15, -0.1) is 0 Å². The smallest absolute Gasteiger partial charge is 0.254 e. The monoisotopic (exact) mass is 378 g/mol. The Balaban J connectivity index is 1.99. The summed E-state index contributed by atoms with van der Waals surface area (Å²) in [6.45, 7) is 9.81. The van der Waals surface area contributed by atoms with Crippen LogP contribution in [0.4, 0.5) is 4.39 Å². The standard InChI is InChI=1S/C22H23FN4O/c1-13(2)18-11-17-19(26(18)16-8-6-15(23)7-9-16)10-14-12-24-27(20(14)25-17)21(28)22(3,4)5/h6-13H,1-5H3. The van der Waals surface area contributed by atoms with Crippen molar-refractivity contribution in [1.29, 1.82) is 0 Å². The number of fused-ring (bicyclic) bond motifs is 2. The maximum absolute atomic E-state index is 13.4. The van der Waals surface area contributed by atoms with E-state index in [4.69, 9.17) is 4.98 Å². The lowest BCUT2D eigenvalue weighted by Gasteiger charge is -2.16. The van der Waals surface area contributed by atoms with Crippen molar-refractivity contribution in [2.75, 3.05) is 0 Å². The second-order valence-electron chi connectivity index (χ2n) is 8.45. The van der Waals surface area contributed by atoms with E-state index < -0.39 is 5.41 Å². The van der Waals surface area contributed by atoms with Gasteiger partial charge in [-0.25, -0.2) is 9.37 Å². The number of carbonyl (C=O) groups is 1. The molecule has 0 aliphatic carbocycles. The van der Waals surface area contributed by atoms with Gasteiger partial charge in [-0.2, -0.15) is 9.78 Å². The van der Waals surface area contributed by atoms with Crippen LogP contribution in [0.3, 0.4) is 0 Å². The van der Waals surface area contributed by atoms with Gasteiger partial charge in [-0.1, -0.05) is 34.6 Å². The van der Waals surface area contributed by atoms with Crippen molar-refractivity contribution < 1.29 is 9.18 Å². The van der Waals surface area contributed by atoms with Crippen molar-refractivity contribution in [1.82, 2.24) is 19.3 Å². The van der Waals surface area contributed by atoms with Crippen LogP contribution in [0.1, 0.15) is 51.0 Å². The summed E-state index contributed by atoms with van der Waals surface area (Å²) >= 11 is 0. The molecule has 0 saturated heterocycles. The van der Waals surface area contributed by atoms with Gasteiger partial charge >= 0.3 is 0 Å². The summed E-state index contributed by atoms with van der Waals surface area (Å²) in [6, 6.07) is 10.5. The Morgan fingerprint density at radius 1 is 1.11 bits per heavy atom. The van der Waals surface area contributed by atoms with E-state index in [2.05, 4.69) is 23.5 Å². The van der Waals surface area contributed by atoms with Gasteiger partial charge in [0, 0.05) is 22.2 Å². The van der Waals surface area contributed by atoms with Crippen LogP contribution in [-0.4, -0.2) is 25.2 Å². The van der Waals surface area contributed by atoms with Crippen molar-refractivity contribution >= 4 is 28.0 Å². The molecule has 3 heterocycles. The van der Waals surface area contributed by atoms with Gasteiger partial charge in [0.1, 0.15) is 5.82 Å². The summed E-state index contributed by atoms with van der Waals surface area (Å²) in [5.41, 5.74) is 3.63. The topological polar surface area (TPSA) is 52.7 Å². The number of hydrogen-bond acceptors (Lipinski definition) is 3. The lowest BCUT2D eigenvalue weighted by atomic mass is 9.96. The molecule has 3 aromatic heterocycles. The molecule has 28 heavy (non-hydrogen) atoms. The third kappa shape index (κ3) is 2.89. The summed E-state index contributed by atoms with van der Waals surface area (Å²) in [4.78, 5) is 17.5. The molecule has 0 saturated carbocycles. The van der Waals surface area contributed by atoms with Crippen LogP contribution in [0, 0.1) is 11.2 Å². The molecule has 0 bridgehead atoms. The van der Waals surface area contributed by atoms with Crippen molar-refractivity contribution in [3.8, 4) is 5.69 Å². The number of pyridine rings is 1. The van der Waals surface area contributed by atoms with Crippen LogP contribution in [-0.2, 0) is 0 Å². The SMILES string of the molecule is CC(C)c1cc2nc3c(cnn3C(=O)C(C)(C)C)cc2n1-c1ccc(F)cc1. The van der Waals surface area contributed by atoms with E-state index in [1.807, 2.05) is 32.9 Å². The first-order chi connectivity index (χ1) is 13.2. The van der Waals surface area contributed by atoms with Crippen LogP contribution in [0.2, 0.25) is 0 Å². The van der Waals surface area contributed by atoms with E-state index in [1.165, 1.54) is 16.8 Å². The number of halogens is 1. The van der Waals surface area contributed by atoms with Crippen molar-refractivity contribution in [2.45, 2.75) is 40.5 Å². The van der Waals surface area contributed by atoms with Gasteiger partial charge in [0.2, 0.25) is 0 Å². The number of rotatable bonds is 2. The first kappa shape index (κ1) is 18.3. The zero-order valence-corrected chi connectivity index (χ0v) is 16.7. The quantitative estimate of drug-likeness (QED) is 0.474. The van der Waals surface area contributed by atoms with Gasteiger partial charge < -0.3 is 4.57 Å². The van der Waals surface area contributed by atoms with Crippen LogP contribution in [0.5, 0.6) is 0 Å². The predicted molar refractivity (Wildman–Crippen MR) is 108 cm³/mol. The molecule has 0 radical (unpaired) electrons. The lowest BCUT2D eigenvalue weighted by Crippen LogP contribution is -2.27. The molecule has 0 spiro atoms. The van der Waals surface area contributed by atoms with Gasteiger partial charge in [-0.3, -0.25) is 4.79 Å². The van der Waals surface area contributed by atoms with E-state index in [0.717, 1.165) is 27.8 Å². The minimum absolute atomic E-state index is 0.101. The first-order valence-corrected chi connectivity index (χ1v) is 9.37. The largest absolute Gasteiger partial charge is 0.312 e. The number of nitrogens with zero attached hydrogens (tertiary/aromatic N) is 4. The zero-order chi connectivity index (χ0) is 20.2. The average Bonchev–Trinajstić information content (AvgIpc) is 3.20. The van der Waals surface area contributed by atoms with Crippen LogP contribution in [0.25, 0.3) is 27.8 Å². The van der Waals surface area contributed by atoms with Gasteiger partial charge in [-0.05, 0) is 42.3 Å². The third-order valence-corrected chi connectivity index (χ3v) is 4.85. The first-order valence-electron chi connectivity index (χ1n) is 9.37. The highest BCUT2D eigenvalue weighted by Gasteiger charge is 2.26. The summed E-state index contributed by atoms with van der Waals surface area (Å²) in [5, 5.41) is 5.08. The second-order valence-corrected chi connectivity index (χ2v) is 8.45. The molecule has 0 unspecified atom stereocenters. The van der Waals surface area contributed by atoms with Gasteiger partial charge in [0.25, 0.3) is 5.91 Å². The Morgan fingerprint density at radius 3 is 2.39 bits per heavy atom. The Labute approximate surface area is 162 Å². The van der Waals surface area contributed by atoms with E-state index in [-0.39, 0.29) is 17.6 Å². The Hall–Kier alpha value is -3.02. The fourth-order valence-electron chi connectivity index (χ4n) is 3.36. The highest BCUT2D eigenvalue weighted by atomic mass is 19.1. The van der Waals surface area contributed by atoms with Crippen LogP contribution in [0.15, 0.2) is 42.6 Å². The summed E-state index contributed by atoms with van der Waals surface area (Å²) in [6.07, 6.45) is 1.67. The Morgan fingerprint density at radius 2 is 1.79 bits per heavy atom. The molecular formula is C22H23FN4O.